The Labute approximate surface area is 168 Å². The Bertz CT molecular complexity index is 566. The molecule has 0 saturated heterocycles. The molecule has 0 unspecified atom stereocenters. The van der Waals surface area contributed by atoms with Crippen molar-refractivity contribution >= 4 is 29.9 Å². The highest BCUT2D eigenvalue weighted by Crippen LogP contribution is 2.44. The smallest absolute Gasteiger partial charge is 0.191 e. The number of aliphatic imine (C=N–C) groups is 1. The van der Waals surface area contributed by atoms with E-state index >= 15 is 0 Å². The van der Waals surface area contributed by atoms with E-state index in [0.29, 0.717) is 6.54 Å². The molecule has 3 N–H and O–H groups in total. The van der Waals surface area contributed by atoms with Crippen molar-refractivity contribution in [2.45, 2.75) is 52.7 Å². The van der Waals surface area contributed by atoms with Gasteiger partial charge in [0.25, 0.3) is 0 Å². The quantitative estimate of drug-likeness (QED) is 0.331. The van der Waals surface area contributed by atoms with Crippen molar-refractivity contribution in [3.63, 3.8) is 0 Å². The number of halogens is 1. The number of ether oxygens (including phenoxy) is 1. The summed E-state index contributed by atoms with van der Waals surface area (Å²) in [5.74, 6) is 1.65. The zero-order valence-electron chi connectivity index (χ0n) is 15.8. The Morgan fingerprint density at radius 2 is 1.92 bits per heavy atom. The van der Waals surface area contributed by atoms with Crippen molar-refractivity contribution in [1.82, 2.24) is 10.6 Å². The molecule has 5 nitrogen and oxygen atoms in total. The van der Waals surface area contributed by atoms with Crippen molar-refractivity contribution in [2.75, 3.05) is 19.7 Å². The highest BCUT2D eigenvalue weighted by atomic mass is 127. The molecule has 0 spiro atoms. The number of hydrogen-bond acceptors (Lipinski definition) is 3. The second-order valence-electron chi connectivity index (χ2n) is 7.53. The molecule has 1 aliphatic carbocycles. The number of para-hydroxylation sites is 1. The molecule has 1 aromatic carbocycles. The van der Waals surface area contributed by atoms with Gasteiger partial charge in [0.1, 0.15) is 11.4 Å². The molecule has 1 saturated carbocycles. The number of benzene rings is 1. The van der Waals surface area contributed by atoms with E-state index in [1.54, 1.807) is 0 Å². The molecule has 2 rings (SSSR count). The molecule has 0 radical (unpaired) electrons. The van der Waals surface area contributed by atoms with Gasteiger partial charge >= 0.3 is 0 Å². The SMILES string of the molecule is CCNC(=NCc1ccccc1OC(C)(C)C)NCC1(CO)CC1.I. The van der Waals surface area contributed by atoms with Crippen LogP contribution >= 0.6 is 24.0 Å². The van der Waals surface area contributed by atoms with Crippen LogP contribution in [0.25, 0.3) is 0 Å². The fourth-order valence-corrected chi connectivity index (χ4v) is 2.41. The van der Waals surface area contributed by atoms with Gasteiger partial charge < -0.3 is 20.5 Å². The maximum Gasteiger partial charge on any atom is 0.191 e. The molecule has 0 aromatic heterocycles. The van der Waals surface area contributed by atoms with Gasteiger partial charge in [-0.05, 0) is 46.6 Å². The summed E-state index contributed by atoms with van der Waals surface area (Å²) >= 11 is 0. The van der Waals surface area contributed by atoms with Gasteiger partial charge in [0.05, 0.1) is 13.2 Å². The predicted molar refractivity (Wildman–Crippen MR) is 114 cm³/mol. The Hall–Kier alpha value is -1.02. The summed E-state index contributed by atoms with van der Waals surface area (Å²) in [7, 11) is 0. The molecule has 0 amide bonds. The number of aliphatic hydroxyl groups excluding tert-OH is 1. The molecule has 142 valence electrons. The standard InChI is InChI=1S/C19H31N3O2.HI/c1-5-20-17(22-13-19(14-23)10-11-19)21-12-15-8-6-7-9-16(15)24-18(2,3)4;/h6-9,23H,5,10-14H2,1-4H3,(H2,20,21,22);1H. The van der Waals surface area contributed by atoms with Gasteiger partial charge in [0, 0.05) is 24.1 Å². The van der Waals surface area contributed by atoms with Crippen LogP contribution in [0.15, 0.2) is 29.3 Å². The Morgan fingerprint density at radius 3 is 2.48 bits per heavy atom. The fourth-order valence-electron chi connectivity index (χ4n) is 2.41. The van der Waals surface area contributed by atoms with Crippen LogP contribution < -0.4 is 15.4 Å². The van der Waals surface area contributed by atoms with Crippen LogP contribution in [-0.4, -0.2) is 36.4 Å². The van der Waals surface area contributed by atoms with Gasteiger partial charge in [-0.15, -0.1) is 24.0 Å². The van der Waals surface area contributed by atoms with Crippen LogP contribution in [0.5, 0.6) is 5.75 Å². The number of nitrogens with zero attached hydrogens (tertiary/aromatic N) is 1. The van der Waals surface area contributed by atoms with Gasteiger partial charge in [0.15, 0.2) is 5.96 Å². The summed E-state index contributed by atoms with van der Waals surface area (Å²) in [6.07, 6.45) is 2.16. The van der Waals surface area contributed by atoms with Crippen LogP contribution in [-0.2, 0) is 6.54 Å². The highest BCUT2D eigenvalue weighted by Gasteiger charge is 2.41. The van der Waals surface area contributed by atoms with Crippen molar-refractivity contribution < 1.29 is 9.84 Å². The van der Waals surface area contributed by atoms with Gasteiger partial charge in [-0.3, -0.25) is 0 Å². The first-order valence-electron chi connectivity index (χ1n) is 8.77. The van der Waals surface area contributed by atoms with Crippen LogP contribution in [0, 0.1) is 5.41 Å². The lowest BCUT2D eigenvalue weighted by Gasteiger charge is -2.23. The number of guanidine groups is 1. The van der Waals surface area contributed by atoms with E-state index in [0.717, 1.165) is 43.2 Å². The fraction of sp³-hybridized carbons (Fsp3) is 0.632. The first kappa shape index (κ1) is 22.0. The summed E-state index contributed by atoms with van der Waals surface area (Å²) < 4.78 is 6.02. The van der Waals surface area contributed by atoms with Gasteiger partial charge in [-0.2, -0.15) is 0 Å². The van der Waals surface area contributed by atoms with Gasteiger partial charge in [0.2, 0.25) is 0 Å². The summed E-state index contributed by atoms with van der Waals surface area (Å²) in [5.41, 5.74) is 0.888. The van der Waals surface area contributed by atoms with Crippen LogP contribution in [0.2, 0.25) is 0 Å². The lowest BCUT2D eigenvalue weighted by atomic mass is 10.1. The number of rotatable bonds is 7. The minimum Gasteiger partial charge on any atom is -0.488 e. The van der Waals surface area contributed by atoms with Crippen LogP contribution in [0.1, 0.15) is 46.1 Å². The molecule has 0 aliphatic heterocycles. The molecule has 25 heavy (non-hydrogen) atoms. The molecule has 0 heterocycles. The first-order valence-corrected chi connectivity index (χ1v) is 8.77. The Morgan fingerprint density at radius 1 is 1.24 bits per heavy atom. The highest BCUT2D eigenvalue weighted by molar-refractivity contribution is 14.0. The molecule has 0 bridgehead atoms. The largest absolute Gasteiger partial charge is 0.488 e. The first-order chi connectivity index (χ1) is 11.4. The van der Waals surface area contributed by atoms with E-state index in [1.165, 1.54) is 0 Å². The average molecular weight is 461 g/mol. The third kappa shape index (κ3) is 7.40. The van der Waals surface area contributed by atoms with Gasteiger partial charge in [-0.25, -0.2) is 4.99 Å². The monoisotopic (exact) mass is 461 g/mol. The molecule has 1 aliphatic rings. The zero-order valence-corrected chi connectivity index (χ0v) is 18.1. The summed E-state index contributed by atoms with van der Waals surface area (Å²) in [6, 6.07) is 8.02. The topological polar surface area (TPSA) is 65.9 Å². The Balaban J connectivity index is 0.00000312. The second-order valence-corrected chi connectivity index (χ2v) is 7.53. The minimum absolute atomic E-state index is 0. The summed E-state index contributed by atoms with van der Waals surface area (Å²) in [5, 5.41) is 16.0. The van der Waals surface area contributed by atoms with Crippen LogP contribution in [0.4, 0.5) is 0 Å². The average Bonchev–Trinajstić information content (AvgIpc) is 3.30. The van der Waals surface area contributed by atoms with Crippen molar-refractivity contribution in [1.29, 1.82) is 0 Å². The third-order valence-electron chi connectivity index (χ3n) is 4.06. The maximum atomic E-state index is 9.43. The van der Waals surface area contributed by atoms with Crippen molar-refractivity contribution in [2.24, 2.45) is 10.4 Å². The lowest BCUT2D eigenvalue weighted by Crippen LogP contribution is -2.41. The lowest BCUT2D eigenvalue weighted by molar-refractivity contribution is 0.129. The molecule has 6 heteroatoms. The second kappa shape index (κ2) is 9.62. The van der Waals surface area contributed by atoms with E-state index < -0.39 is 0 Å². The summed E-state index contributed by atoms with van der Waals surface area (Å²) in [4.78, 5) is 4.67. The number of nitrogens with one attached hydrogen (secondary N) is 2. The van der Waals surface area contributed by atoms with E-state index in [9.17, 15) is 5.11 Å². The van der Waals surface area contributed by atoms with Crippen molar-refractivity contribution in [3.8, 4) is 5.75 Å². The number of hydrogen-bond donors (Lipinski definition) is 3. The van der Waals surface area contributed by atoms with Gasteiger partial charge in [-0.1, -0.05) is 18.2 Å². The van der Waals surface area contributed by atoms with Crippen molar-refractivity contribution in [3.05, 3.63) is 29.8 Å². The molecular formula is C19H32IN3O2. The van der Waals surface area contributed by atoms with E-state index in [-0.39, 0.29) is 41.6 Å². The van der Waals surface area contributed by atoms with E-state index in [1.807, 2.05) is 52.0 Å². The Kier molecular flexibility index (Phi) is 8.47. The van der Waals surface area contributed by atoms with Crippen LogP contribution in [0.3, 0.4) is 0 Å². The molecular weight excluding hydrogens is 429 g/mol. The summed E-state index contributed by atoms with van der Waals surface area (Å²) in [6.45, 7) is 10.5. The third-order valence-corrected chi connectivity index (χ3v) is 4.06. The zero-order chi connectivity index (χ0) is 17.6. The predicted octanol–water partition coefficient (Wildman–Crippen LogP) is 3.31. The number of aliphatic hydroxyl groups is 1. The maximum absolute atomic E-state index is 9.43. The molecule has 0 atom stereocenters. The minimum atomic E-state index is -0.234. The van der Waals surface area contributed by atoms with E-state index in [4.69, 9.17) is 4.74 Å². The normalized spacial score (nSPS) is 16.0. The molecule has 1 fully saturated rings. The van der Waals surface area contributed by atoms with E-state index in [2.05, 4.69) is 15.6 Å². The molecule has 1 aromatic rings.